The summed E-state index contributed by atoms with van der Waals surface area (Å²) < 4.78 is 5.85. The van der Waals surface area contributed by atoms with Crippen LogP contribution in [0.15, 0.2) is 40.9 Å². The number of nitro benzene ring substituents is 1. The molecule has 0 fully saturated rings. The molecule has 0 radical (unpaired) electrons. The summed E-state index contributed by atoms with van der Waals surface area (Å²) in [4.78, 5) is 35.9. The highest BCUT2D eigenvalue weighted by molar-refractivity contribution is 6.05. The molecule has 0 aromatic heterocycles. The number of ketones is 2. The van der Waals surface area contributed by atoms with Crippen LogP contribution in [-0.4, -0.2) is 21.6 Å². The van der Waals surface area contributed by atoms with E-state index in [-0.39, 0.29) is 35.0 Å². The molecule has 3 aliphatic rings. The number of Topliss-reactive ketones (excluding diaryl/α,β-unsaturated/α-hetero) is 2. The van der Waals surface area contributed by atoms with Gasteiger partial charge in [0.2, 0.25) is 0 Å². The van der Waals surface area contributed by atoms with Crippen LogP contribution in [0.2, 0.25) is 0 Å². The summed E-state index contributed by atoms with van der Waals surface area (Å²) >= 11 is 0. The number of non-ortho nitro benzene ring substituents is 1. The van der Waals surface area contributed by atoms with Gasteiger partial charge in [0.25, 0.3) is 5.69 Å². The second-order valence-electron chi connectivity index (χ2n) is 6.76. The molecule has 0 bridgehead atoms. The molecular weight excluding hydrogens is 338 g/mol. The van der Waals surface area contributed by atoms with E-state index in [0.717, 1.165) is 0 Å². The Morgan fingerprint density at radius 3 is 2.42 bits per heavy atom. The van der Waals surface area contributed by atoms with Gasteiger partial charge in [-0.3, -0.25) is 19.7 Å². The van der Waals surface area contributed by atoms with Crippen LogP contribution in [0.4, 0.5) is 5.69 Å². The first-order chi connectivity index (χ1) is 12.5. The van der Waals surface area contributed by atoms with Gasteiger partial charge < -0.3 is 9.84 Å². The van der Waals surface area contributed by atoms with E-state index in [2.05, 4.69) is 0 Å². The van der Waals surface area contributed by atoms with Gasteiger partial charge in [-0.15, -0.1) is 0 Å². The predicted molar refractivity (Wildman–Crippen MR) is 90.9 cm³/mol. The number of carbonyl (C=O) groups excluding carboxylic acids is 2. The predicted octanol–water partition coefficient (Wildman–Crippen LogP) is 3.64. The van der Waals surface area contributed by atoms with Crippen LogP contribution < -0.4 is 4.74 Å². The summed E-state index contributed by atoms with van der Waals surface area (Å²) in [6, 6.07) is 4.17. The third kappa shape index (κ3) is 2.51. The van der Waals surface area contributed by atoms with Gasteiger partial charge in [-0.1, -0.05) is 0 Å². The van der Waals surface area contributed by atoms with Gasteiger partial charge in [-0.25, -0.2) is 0 Å². The highest BCUT2D eigenvalue weighted by Crippen LogP contribution is 2.49. The van der Waals surface area contributed by atoms with Crippen LogP contribution in [0.5, 0.6) is 5.75 Å². The van der Waals surface area contributed by atoms with E-state index >= 15 is 0 Å². The van der Waals surface area contributed by atoms with Crippen molar-refractivity contribution in [1.82, 2.24) is 0 Å². The Labute approximate surface area is 149 Å². The van der Waals surface area contributed by atoms with Gasteiger partial charge in [0.1, 0.15) is 11.5 Å². The molecule has 0 saturated carbocycles. The molecule has 1 unspecified atom stereocenters. The number of nitro groups is 1. The number of aliphatic hydroxyl groups excluding tert-OH is 1. The Kier molecular flexibility index (Phi) is 3.86. The third-order valence-corrected chi connectivity index (χ3v) is 5.16. The van der Waals surface area contributed by atoms with Crippen LogP contribution in [0, 0.1) is 10.1 Å². The summed E-state index contributed by atoms with van der Waals surface area (Å²) in [6.45, 7) is 0. The van der Waals surface area contributed by atoms with E-state index in [1.807, 2.05) is 0 Å². The highest BCUT2D eigenvalue weighted by atomic mass is 16.6. The minimum atomic E-state index is -0.797. The molecule has 1 N–H and O–H groups in total. The molecule has 1 aromatic carbocycles. The number of aliphatic hydroxyl groups is 1. The Balaban J connectivity index is 1.97. The second-order valence-corrected chi connectivity index (χ2v) is 6.76. The van der Waals surface area contributed by atoms with E-state index in [1.54, 1.807) is 0 Å². The summed E-state index contributed by atoms with van der Waals surface area (Å²) in [5.41, 5.74) is 0.795. The molecule has 1 heterocycles. The van der Waals surface area contributed by atoms with Gasteiger partial charge in [-0.2, -0.15) is 0 Å². The number of ether oxygens (including phenoxy) is 1. The van der Waals surface area contributed by atoms with E-state index in [0.29, 0.717) is 54.7 Å². The molecule has 134 valence electrons. The average molecular weight is 355 g/mol. The first kappa shape index (κ1) is 16.5. The van der Waals surface area contributed by atoms with Gasteiger partial charge >= 0.3 is 0 Å². The van der Waals surface area contributed by atoms with Crippen molar-refractivity contribution in [2.45, 2.75) is 44.4 Å². The van der Waals surface area contributed by atoms with Crippen LogP contribution in [0.3, 0.4) is 0 Å². The number of benzene rings is 1. The molecular formula is C19H17NO6. The topological polar surface area (TPSA) is 107 Å². The maximum atomic E-state index is 12.6. The van der Waals surface area contributed by atoms with Crippen molar-refractivity contribution in [1.29, 1.82) is 0 Å². The van der Waals surface area contributed by atoms with Crippen molar-refractivity contribution in [3.8, 4) is 5.75 Å². The zero-order valence-corrected chi connectivity index (χ0v) is 14.0. The van der Waals surface area contributed by atoms with Gasteiger partial charge in [0.15, 0.2) is 11.6 Å². The zero-order valence-electron chi connectivity index (χ0n) is 14.0. The number of rotatable bonds is 2. The smallest absolute Gasteiger partial charge is 0.270 e. The Morgan fingerprint density at radius 1 is 1.04 bits per heavy atom. The largest absolute Gasteiger partial charge is 0.512 e. The molecule has 0 saturated heterocycles. The Morgan fingerprint density at radius 2 is 1.73 bits per heavy atom. The molecule has 7 nitrogen and oxygen atoms in total. The molecule has 0 amide bonds. The first-order valence-corrected chi connectivity index (χ1v) is 8.65. The third-order valence-electron chi connectivity index (χ3n) is 5.16. The number of nitrogens with zero attached hydrogens (tertiary/aromatic N) is 1. The molecule has 1 atom stereocenters. The van der Waals surface area contributed by atoms with Crippen molar-refractivity contribution in [3.05, 3.63) is 56.5 Å². The van der Waals surface area contributed by atoms with Gasteiger partial charge in [0, 0.05) is 54.5 Å². The maximum Gasteiger partial charge on any atom is 0.270 e. The fraction of sp³-hybridized carbons (Fsp3) is 0.368. The molecule has 1 aromatic rings. The molecule has 7 heteroatoms. The van der Waals surface area contributed by atoms with Crippen molar-refractivity contribution in [2.75, 3.05) is 0 Å². The summed E-state index contributed by atoms with van der Waals surface area (Å²) in [7, 11) is 0. The van der Waals surface area contributed by atoms with Crippen molar-refractivity contribution >= 4 is 17.3 Å². The van der Waals surface area contributed by atoms with Crippen molar-refractivity contribution in [3.63, 3.8) is 0 Å². The lowest BCUT2D eigenvalue weighted by Gasteiger charge is -2.34. The summed E-state index contributed by atoms with van der Waals surface area (Å²) in [5.74, 6) is -0.278. The standard InChI is InChI=1S/C19H17NO6/c21-12-3-1-4-13(22)18(12)17-11-9-10(20(24)25)7-8-15(11)26-16-6-2-5-14(23)19(16)17/h7-9,17,21H,1-6H2. The highest BCUT2D eigenvalue weighted by Gasteiger charge is 2.42. The quantitative estimate of drug-likeness (QED) is 0.641. The Bertz CT molecular complexity index is 911. The lowest BCUT2D eigenvalue weighted by Crippen LogP contribution is -2.29. The SMILES string of the molecule is O=C1CCCC(O)=C1C1C2=C(CCCC2=O)Oc2ccc([N+](=O)[O-])cc21. The molecule has 2 aliphatic carbocycles. The number of allylic oxidation sites excluding steroid dienone is 4. The number of fused-ring (bicyclic) bond motifs is 1. The first-order valence-electron chi connectivity index (χ1n) is 8.65. The van der Waals surface area contributed by atoms with Crippen LogP contribution in [0.1, 0.15) is 50.0 Å². The Hall–Kier alpha value is -2.96. The molecule has 26 heavy (non-hydrogen) atoms. The summed E-state index contributed by atoms with van der Waals surface area (Å²) in [5, 5.41) is 21.6. The van der Waals surface area contributed by atoms with Crippen molar-refractivity contribution < 1.29 is 24.4 Å². The van der Waals surface area contributed by atoms with Crippen LogP contribution in [0.25, 0.3) is 0 Å². The monoisotopic (exact) mass is 355 g/mol. The zero-order chi connectivity index (χ0) is 18.4. The maximum absolute atomic E-state index is 12.6. The van der Waals surface area contributed by atoms with Gasteiger partial charge in [0.05, 0.1) is 16.6 Å². The van der Waals surface area contributed by atoms with E-state index < -0.39 is 10.8 Å². The van der Waals surface area contributed by atoms with E-state index in [1.165, 1.54) is 18.2 Å². The molecule has 4 rings (SSSR count). The van der Waals surface area contributed by atoms with Crippen LogP contribution >= 0.6 is 0 Å². The van der Waals surface area contributed by atoms with Crippen molar-refractivity contribution in [2.24, 2.45) is 0 Å². The minimum absolute atomic E-state index is 0.0316. The lowest BCUT2D eigenvalue weighted by molar-refractivity contribution is -0.384. The average Bonchev–Trinajstić information content (AvgIpc) is 2.60. The number of carbonyl (C=O) groups is 2. The minimum Gasteiger partial charge on any atom is -0.512 e. The van der Waals surface area contributed by atoms with E-state index in [4.69, 9.17) is 4.74 Å². The lowest BCUT2D eigenvalue weighted by atomic mass is 9.73. The normalized spacial score (nSPS) is 22.7. The van der Waals surface area contributed by atoms with Gasteiger partial charge in [-0.05, 0) is 18.9 Å². The second kappa shape index (κ2) is 6.09. The summed E-state index contributed by atoms with van der Waals surface area (Å²) in [6.07, 6.45) is 2.77. The fourth-order valence-electron chi connectivity index (χ4n) is 3.99. The van der Waals surface area contributed by atoms with Crippen LogP contribution in [-0.2, 0) is 9.59 Å². The van der Waals surface area contributed by atoms with E-state index in [9.17, 15) is 24.8 Å². The molecule has 0 spiro atoms. The number of hydrogen-bond acceptors (Lipinski definition) is 6. The molecule has 1 aliphatic heterocycles. The fourth-order valence-corrected chi connectivity index (χ4v) is 3.99. The number of hydrogen-bond donors (Lipinski definition) is 1.